The van der Waals surface area contributed by atoms with Crippen LogP contribution in [0.5, 0.6) is 0 Å². The summed E-state index contributed by atoms with van der Waals surface area (Å²) in [6.45, 7) is 7.40. The molecule has 1 fully saturated rings. The van der Waals surface area contributed by atoms with E-state index < -0.39 is 0 Å². The molecule has 2 aliphatic rings. The molecule has 6 nitrogen and oxygen atoms in total. The van der Waals surface area contributed by atoms with Crippen LogP contribution in [0, 0.1) is 0 Å². The summed E-state index contributed by atoms with van der Waals surface area (Å²) in [5, 5.41) is 4.15. The molecule has 168 valence electrons. The number of likely N-dealkylation sites (N-methyl/N-ethyl adjacent to an activating group) is 1. The van der Waals surface area contributed by atoms with Crippen molar-refractivity contribution in [2.75, 3.05) is 38.0 Å². The molecule has 4 heterocycles. The fraction of sp³-hybridized carbons (Fsp3) is 0.440. The van der Waals surface area contributed by atoms with Crippen LogP contribution < -0.4 is 5.32 Å². The van der Waals surface area contributed by atoms with Crippen LogP contribution in [-0.2, 0) is 12.8 Å². The van der Waals surface area contributed by atoms with Crippen molar-refractivity contribution in [2.24, 2.45) is 0 Å². The van der Waals surface area contributed by atoms with Gasteiger partial charge in [-0.2, -0.15) is 0 Å². The van der Waals surface area contributed by atoms with Crippen molar-refractivity contribution in [2.45, 2.75) is 38.6 Å². The summed E-state index contributed by atoms with van der Waals surface area (Å²) in [5.41, 5.74) is 3.72. The number of nitrogens with one attached hydrogen (secondary N) is 1. The number of anilines is 1. The third-order valence-corrected chi connectivity index (χ3v) is 7.87. The first-order valence-electron chi connectivity index (χ1n) is 11.6. The van der Waals surface area contributed by atoms with E-state index in [1.807, 2.05) is 12.3 Å². The van der Waals surface area contributed by atoms with Crippen molar-refractivity contribution in [3.63, 3.8) is 0 Å². The SMILES string of the molecule is CCN1CCN(C(c2ccccn2)c2c(NC(=O)c3ccco3)sc3c2CCCC3)CC1. The van der Waals surface area contributed by atoms with E-state index in [4.69, 9.17) is 9.40 Å². The molecule has 5 rings (SSSR count). The highest BCUT2D eigenvalue weighted by atomic mass is 32.1. The first-order chi connectivity index (χ1) is 15.7. The Morgan fingerprint density at radius 1 is 1.16 bits per heavy atom. The number of piperazine rings is 1. The molecule has 1 atom stereocenters. The molecule has 1 unspecified atom stereocenters. The van der Waals surface area contributed by atoms with Crippen LogP contribution in [0.15, 0.2) is 47.2 Å². The Bertz CT molecular complexity index is 1040. The van der Waals surface area contributed by atoms with Crippen LogP contribution in [0.3, 0.4) is 0 Å². The first kappa shape index (κ1) is 21.4. The predicted octanol–water partition coefficient (Wildman–Crippen LogP) is 4.59. The number of thiophene rings is 1. The van der Waals surface area contributed by atoms with Gasteiger partial charge in [0, 0.05) is 42.8 Å². The second kappa shape index (κ2) is 9.57. The standard InChI is InChI=1S/C25H30N4O2S/c1-2-28-13-15-29(16-14-28)23(19-9-5-6-12-26-19)22-18-8-3-4-11-21(18)32-25(22)27-24(30)20-10-7-17-31-20/h5-7,9-10,12,17,23H,2-4,8,11,13-16H2,1H3,(H,27,30). The van der Waals surface area contributed by atoms with Gasteiger partial charge >= 0.3 is 0 Å². The number of aromatic nitrogens is 1. The summed E-state index contributed by atoms with van der Waals surface area (Å²) in [6.07, 6.45) is 7.98. The van der Waals surface area contributed by atoms with Crippen molar-refractivity contribution < 1.29 is 9.21 Å². The highest BCUT2D eigenvalue weighted by molar-refractivity contribution is 7.16. The highest BCUT2D eigenvalue weighted by Gasteiger charge is 2.34. The molecule has 0 radical (unpaired) electrons. The monoisotopic (exact) mass is 450 g/mol. The summed E-state index contributed by atoms with van der Waals surface area (Å²) in [7, 11) is 0. The molecule has 0 spiro atoms. The fourth-order valence-electron chi connectivity index (χ4n) is 4.94. The number of amides is 1. The van der Waals surface area contributed by atoms with Gasteiger partial charge in [0.05, 0.1) is 18.0 Å². The molecule has 7 heteroatoms. The second-order valence-corrected chi connectivity index (χ2v) is 9.62. The molecule has 1 aliphatic carbocycles. The lowest BCUT2D eigenvalue weighted by molar-refractivity contribution is 0.0995. The zero-order chi connectivity index (χ0) is 21.9. The van der Waals surface area contributed by atoms with Gasteiger partial charge in [0.1, 0.15) is 5.00 Å². The maximum atomic E-state index is 12.9. The van der Waals surface area contributed by atoms with Gasteiger partial charge in [0.15, 0.2) is 5.76 Å². The second-order valence-electron chi connectivity index (χ2n) is 8.51. The smallest absolute Gasteiger partial charge is 0.291 e. The quantitative estimate of drug-likeness (QED) is 0.595. The maximum Gasteiger partial charge on any atom is 0.291 e. The lowest BCUT2D eigenvalue weighted by Gasteiger charge is -2.39. The Hall–Kier alpha value is -2.48. The fourth-order valence-corrected chi connectivity index (χ4v) is 6.25. The van der Waals surface area contributed by atoms with Crippen LogP contribution in [0.1, 0.15) is 58.1 Å². The number of hydrogen-bond donors (Lipinski definition) is 1. The molecular weight excluding hydrogens is 420 g/mol. The Labute approximate surface area is 193 Å². The largest absolute Gasteiger partial charge is 0.459 e. The van der Waals surface area contributed by atoms with Gasteiger partial charge in [-0.3, -0.25) is 14.7 Å². The maximum absolute atomic E-state index is 12.9. The third-order valence-electron chi connectivity index (χ3n) is 6.64. The Morgan fingerprint density at radius 2 is 2.00 bits per heavy atom. The van der Waals surface area contributed by atoms with Gasteiger partial charge in [-0.1, -0.05) is 13.0 Å². The van der Waals surface area contributed by atoms with Gasteiger partial charge in [-0.25, -0.2) is 0 Å². The Kier molecular flexibility index (Phi) is 6.39. The molecule has 1 saturated heterocycles. The topological polar surface area (TPSA) is 61.6 Å². The minimum atomic E-state index is -0.189. The van der Waals surface area contributed by atoms with Crippen LogP contribution in [0.25, 0.3) is 0 Å². The molecule has 0 bridgehead atoms. The zero-order valence-corrected chi connectivity index (χ0v) is 19.4. The van der Waals surface area contributed by atoms with Crippen molar-refractivity contribution in [1.82, 2.24) is 14.8 Å². The average molecular weight is 451 g/mol. The summed E-state index contributed by atoms with van der Waals surface area (Å²) in [6, 6.07) is 9.67. The Morgan fingerprint density at radius 3 is 2.72 bits per heavy atom. The number of hydrogen-bond acceptors (Lipinski definition) is 6. The van der Waals surface area contributed by atoms with Crippen LogP contribution in [-0.4, -0.2) is 53.4 Å². The number of carbonyl (C=O) groups is 1. The third kappa shape index (κ3) is 4.25. The minimum absolute atomic E-state index is 0.0419. The molecule has 3 aromatic heterocycles. The predicted molar refractivity (Wildman–Crippen MR) is 127 cm³/mol. The molecule has 0 aromatic carbocycles. The molecule has 32 heavy (non-hydrogen) atoms. The molecule has 3 aromatic rings. The highest BCUT2D eigenvalue weighted by Crippen LogP contribution is 2.45. The van der Waals surface area contributed by atoms with E-state index in [9.17, 15) is 4.79 Å². The number of rotatable bonds is 6. The molecule has 1 N–H and O–H groups in total. The van der Waals surface area contributed by atoms with E-state index in [0.29, 0.717) is 5.76 Å². The number of carbonyl (C=O) groups excluding carboxylic acids is 1. The average Bonchev–Trinajstić information content (AvgIpc) is 3.50. The summed E-state index contributed by atoms with van der Waals surface area (Å²) < 4.78 is 5.36. The van der Waals surface area contributed by atoms with E-state index in [-0.39, 0.29) is 11.9 Å². The van der Waals surface area contributed by atoms with E-state index in [2.05, 4.69) is 34.2 Å². The normalized spacial score (nSPS) is 18.3. The van der Waals surface area contributed by atoms with Crippen molar-refractivity contribution >= 4 is 22.2 Å². The lowest BCUT2D eigenvalue weighted by atomic mass is 9.90. The summed E-state index contributed by atoms with van der Waals surface area (Å²) >= 11 is 1.74. The van der Waals surface area contributed by atoms with Crippen LogP contribution >= 0.6 is 11.3 Å². The van der Waals surface area contributed by atoms with E-state index >= 15 is 0 Å². The summed E-state index contributed by atoms with van der Waals surface area (Å²) in [5.74, 6) is 0.152. The number of pyridine rings is 1. The molecular formula is C25H30N4O2S. The van der Waals surface area contributed by atoms with Crippen LogP contribution in [0.2, 0.25) is 0 Å². The summed E-state index contributed by atoms with van der Waals surface area (Å²) in [4.78, 5) is 24.2. The lowest BCUT2D eigenvalue weighted by Crippen LogP contribution is -2.48. The van der Waals surface area contributed by atoms with Gasteiger partial charge in [0.25, 0.3) is 5.91 Å². The molecule has 1 aliphatic heterocycles. The number of aryl methyl sites for hydroxylation is 1. The number of furan rings is 1. The van der Waals surface area contributed by atoms with Crippen molar-refractivity contribution in [1.29, 1.82) is 0 Å². The van der Waals surface area contributed by atoms with Gasteiger partial charge in [-0.05, 0) is 62.1 Å². The number of nitrogens with zero attached hydrogens (tertiary/aromatic N) is 3. The minimum Gasteiger partial charge on any atom is -0.459 e. The van der Waals surface area contributed by atoms with Crippen molar-refractivity contribution in [3.05, 3.63) is 70.3 Å². The van der Waals surface area contributed by atoms with Gasteiger partial charge < -0.3 is 14.6 Å². The number of fused-ring (bicyclic) bond motifs is 1. The van der Waals surface area contributed by atoms with Gasteiger partial charge in [0.2, 0.25) is 0 Å². The van der Waals surface area contributed by atoms with E-state index in [0.717, 1.165) is 56.3 Å². The van der Waals surface area contributed by atoms with E-state index in [1.54, 1.807) is 29.7 Å². The zero-order valence-electron chi connectivity index (χ0n) is 18.5. The first-order valence-corrected chi connectivity index (χ1v) is 12.4. The van der Waals surface area contributed by atoms with Crippen LogP contribution in [0.4, 0.5) is 5.00 Å². The Balaban J connectivity index is 1.57. The molecule has 1 amide bonds. The molecule has 0 saturated carbocycles. The van der Waals surface area contributed by atoms with Crippen molar-refractivity contribution in [3.8, 4) is 0 Å². The van der Waals surface area contributed by atoms with Gasteiger partial charge in [-0.15, -0.1) is 11.3 Å². The van der Waals surface area contributed by atoms with E-state index in [1.165, 1.54) is 28.8 Å².